The van der Waals surface area contributed by atoms with Crippen LogP contribution in [0, 0.1) is 0 Å². The first-order chi connectivity index (χ1) is 12.8. The van der Waals surface area contributed by atoms with Gasteiger partial charge < -0.3 is 14.5 Å². The Morgan fingerprint density at radius 1 is 0.923 bits per heavy atom. The Bertz CT molecular complexity index is 724. The Hall–Kier alpha value is -2.17. The normalized spacial score (nSPS) is 20.5. The van der Waals surface area contributed by atoms with Crippen LogP contribution in [0.25, 0.3) is 0 Å². The SMILES string of the molecule is O=C1COCC2(CCN(CCc3ccccc3)CC2)N1c1ccccc1. The van der Waals surface area contributed by atoms with Crippen LogP contribution in [-0.4, -0.2) is 49.2 Å². The summed E-state index contributed by atoms with van der Waals surface area (Å²) in [6, 6.07) is 20.7. The first-order valence-corrected chi connectivity index (χ1v) is 9.49. The number of benzene rings is 2. The topological polar surface area (TPSA) is 32.8 Å². The van der Waals surface area contributed by atoms with Gasteiger partial charge in [0.25, 0.3) is 5.91 Å². The third kappa shape index (κ3) is 3.53. The van der Waals surface area contributed by atoms with E-state index >= 15 is 0 Å². The van der Waals surface area contributed by atoms with Crippen molar-refractivity contribution < 1.29 is 9.53 Å². The molecule has 1 amide bonds. The highest BCUT2D eigenvalue weighted by Gasteiger charge is 2.45. The summed E-state index contributed by atoms with van der Waals surface area (Å²) in [7, 11) is 0. The summed E-state index contributed by atoms with van der Waals surface area (Å²) in [5.41, 5.74) is 2.19. The molecule has 0 saturated carbocycles. The highest BCUT2D eigenvalue weighted by atomic mass is 16.5. The fourth-order valence-electron chi connectivity index (χ4n) is 4.21. The summed E-state index contributed by atoms with van der Waals surface area (Å²) in [5.74, 6) is 0.0835. The fourth-order valence-corrected chi connectivity index (χ4v) is 4.21. The van der Waals surface area contributed by atoms with E-state index in [1.807, 2.05) is 35.2 Å². The Morgan fingerprint density at radius 2 is 1.58 bits per heavy atom. The number of rotatable bonds is 4. The van der Waals surface area contributed by atoms with Crippen LogP contribution >= 0.6 is 0 Å². The van der Waals surface area contributed by atoms with Gasteiger partial charge in [0.1, 0.15) is 6.61 Å². The largest absolute Gasteiger partial charge is 0.369 e. The van der Waals surface area contributed by atoms with Gasteiger partial charge in [-0.25, -0.2) is 0 Å². The van der Waals surface area contributed by atoms with Gasteiger partial charge in [-0.05, 0) is 37.0 Å². The predicted octanol–water partition coefficient (Wildman–Crippen LogP) is 3.13. The van der Waals surface area contributed by atoms with Crippen LogP contribution in [0.3, 0.4) is 0 Å². The second kappa shape index (κ2) is 7.60. The lowest BCUT2D eigenvalue weighted by molar-refractivity contribution is -0.131. The van der Waals surface area contributed by atoms with Crippen molar-refractivity contribution in [3.8, 4) is 0 Å². The minimum absolute atomic E-state index is 0.0835. The van der Waals surface area contributed by atoms with Crippen molar-refractivity contribution >= 4 is 11.6 Å². The summed E-state index contributed by atoms with van der Waals surface area (Å²) in [5, 5.41) is 0. The molecule has 0 bridgehead atoms. The van der Waals surface area contributed by atoms with Crippen molar-refractivity contribution in [1.82, 2.24) is 4.90 Å². The number of ether oxygens (including phenoxy) is 1. The van der Waals surface area contributed by atoms with Crippen molar-refractivity contribution in [2.45, 2.75) is 24.8 Å². The van der Waals surface area contributed by atoms with Gasteiger partial charge in [-0.2, -0.15) is 0 Å². The molecule has 0 aromatic heterocycles. The lowest BCUT2D eigenvalue weighted by atomic mass is 9.84. The van der Waals surface area contributed by atoms with Crippen LogP contribution in [0.1, 0.15) is 18.4 Å². The molecule has 0 atom stereocenters. The molecule has 4 rings (SSSR count). The number of piperidine rings is 1. The molecule has 2 fully saturated rings. The molecule has 2 aromatic carbocycles. The summed E-state index contributed by atoms with van der Waals surface area (Å²) in [6.07, 6.45) is 3.00. The van der Waals surface area contributed by atoms with Gasteiger partial charge in [0, 0.05) is 25.3 Å². The standard InChI is InChI=1S/C22H26N2O2/c25-21-17-26-18-22(24(21)20-9-5-2-6-10-20)12-15-23(16-13-22)14-11-19-7-3-1-4-8-19/h1-10H,11-18H2. The number of morpholine rings is 1. The van der Waals surface area contributed by atoms with E-state index in [9.17, 15) is 4.79 Å². The van der Waals surface area contributed by atoms with Gasteiger partial charge in [-0.1, -0.05) is 48.5 Å². The Balaban J connectivity index is 1.43. The highest BCUT2D eigenvalue weighted by Crippen LogP contribution is 2.36. The van der Waals surface area contributed by atoms with Gasteiger partial charge in [0.2, 0.25) is 0 Å². The third-order valence-electron chi connectivity index (χ3n) is 5.68. The van der Waals surface area contributed by atoms with Gasteiger partial charge in [0.05, 0.1) is 12.1 Å². The summed E-state index contributed by atoms with van der Waals surface area (Å²) >= 11 is 0. The molecule has 4 nitrogen and oxygen atoms in total. The summed E-state index contributed by atoms with van der Waals surface area (Å²) < 4.78 is 5.68. The third-order valence-corrected chi connectivity index (χ3v) is 5.68. The van der Waals surface area contributed by atoms with Gasteiger partial charge >= 0.3 is 0 Å². The molecule has 4 heteroatoms. The van der Waals surface area contributed by atoms with E-state index in [1.165, 1.54) is 5.56 Å². The number of hydrogen-bond acceptors (Lipinski definition) is 3. The lowest BCUT2D eigenvalue weighted by Crippen LogP contribution is -2.64. The smallest absolute Gasteiger partial charge is 0.253 e. The molecule has 1 spiro atoms. The molecular weight excluding hydrogens is 324 g/mol. The van der Waals surface area contributed by atoms with Crippen LogP contribution in [-0.2, 0) is 16.0 Å². The maximum atomic E-state index is 12.6. The molecule has 2 saturated heterocycles. The van der Waals surface area contributed by atoms with E-state index in [4.69, 9.17) is 4.74 Å². The molecule has 2 aliphatic heterocycles. The second-order valence-corrected chi connectivity index (χ2v) is 7.36. The number of anilines is 1. The minimum Gasteiger partial charge on any atom is -0.369 e. The molecule has 136 valence electrons. The number of nitrogens with zero attached hydrogens (tertiary/aromatic N) is 2. The Kier molecular flexibility index (Phi) is 5.05. The highest BCUT2D eigenvalue weighted by molar-refractivity contribution is 5.96. The van der Waals surface area contributed by atoms with Crippen molar-refractivity contribution in [1.29, 1.82) is 0 Å². The number of para-hydroxylation sites is 1. The molecule has 2 aromatic rings. The van der Waals surface area contributed by atoms with Crippen molar-refractivity contribution in [2.24, 2.45) is 0 Å². The van der Waals surface area contributed by atoms with E-state index in [-0.39, 0.29) is 18.1 Å². The molecule has 26 heavy (non-hydrogen) atoms. The van der Waals surface area contributed by atoms with E-state index < -0.39 is 0 Å². The van der Waals surface area contributed by atoms with Gasteiger partial charge in [-0.15, -0.1) is 0 Å². The van der Waals surface area contributed by atoms with Gasteiger partial charge in [0.15, 0.2) is 0 Å². The first-order valence-electron chi connectivity index (χ1n) is 9.49. The maximum Gasteiger partial charge on any atom is 0.253 e. The average Bonchev–Trinajstić information content (AvgIpc) is 2.69. The van der Waals surface area contributed by atoms with E-state index in [0.717, 1.165) is 44.6 Å². The number of carbonyl (C=O) groups excluding carboxylic acids is 1. The molecule has 0 N–H and O–H groups in total. The summed E-state index contributed by atoms with van der Waals surface area (Å²) in [6.45, 7) is 3.91. The van der Waals surface area contributed by atoms with E-state index in [0.29, 0.717) is 6.61 Å². The van der Waals surface area contributed by atoms with Crippen LogP contribution in [0.4, 0.5) is 5.69 Å². The molecule has 0 radical (unpaired) electrons. The quantitative estimate of drug-likeness (QED) is 0.849. The van der Waals surface area contributed by atoms with E-state index in [1.54, 1.807) is 0 Å². The zero-order valence-corrected chi connectivity index (χ0v) is 15.1. The summed E-state index contributed by atoms with van der Waals surface area (Å²) in [4.78, 5) is 17.2. The Labute approximate surface area is 155 Å². The fraction of sp³-hybridized carbons (Fsp3) is 0.409. The number of amides is 1. The van der Waals surface area contributed by atoms with Crippen LogP contribution in [0.2, 0.25) is 0 Å². The zero-order chi connectivity index (χ0) is 17.8. The molecule has 2 heterocycles. The van der Waals surface area contributed by atoms with Crippen molar-refractivity contribution in [3.05, 3.63) is 66.2 Å². The monoisotopic (exact) mass is 350 g/mol. The average molecular weight is 350 g/mol. The Morgan fingerprint density at radius 3 is 2.27 bits per heavy atom. The molecule has 0 unspecified atom stereocenters. The molecule has 0 aliphatic carbocycles. The van der Waals surface area contributed by atoms with Crippen LogP contribution in [0.15, 0.2) is 60.7 Å². The van der Waals surface area contributed by atoms with E-state index in [2.05, 4.69) is 35.2 Å². The minimum atomic E-state index is -0.195. The first kappa shape index (κ1) is 17.3. The van der Waals surface area contributed by atoms with Crippen molar-refractivity contribution in [3.63, 3.8) is 0 Å². The predicted molar refractivity (Wildman–Crippen MR) is 103 cm³/mol. The van der Waals surface area contributed by atoms with Crippen molar-refractivity contribution in [2.75, 3.05) is 37.7 Å². The number of hydrogen-bond donors (Lipinski definition) is 0. The molecule has 2 aliphatic rings. The van der Waals surface area contributed by atoms with Gasteiger partial charge in [-0.3, -0.25) is 4.79 Å². The maximum absolute atomic E-state index is 12.6. The number of likely N-dealkylation sites (tertiary alicyclic amines) is 1. The zero-order valence-electron chi connectivity index (χ0n) is 15.1. The lowest BCUT2D eigenvalue weighted by Gasteiger charge is -2.50. The van der Waals surface area contributed by atoms with Crippen LogP contribution in [0.5, 0.6) is 0 Å². The van der Waals surface area contributed by atoms with Crippen LogP contribution < -0.4 is 4.90 Å². The molecular formula is C22H26N2O2. The number of carbonyl (C=O) groups is 1. The second-order valence-electron chi connectivity index (χ2n) is 7.36.